The van der Waals surface area contributed by atoms with Gasteiger partial charge in [0.05, 0.1) is 22.5 Å². The number of nitrogens with one attached hydrogen (secondary N) is 1. The van der Waals surface area contributed by atoms with E-state index in [-0.39, 0.29) is 16.7 Å². The third kappa shape index (κ3) is 4.77. The predicted molar refractivity (Wildman–Crippen MR) is 96.5 cm³/mol. The summed E-state index contributed by atoms with van der Waals surface area (Å²) in [5, 5.41) is 0.817. The quantitative estimate of drug-likeness (QED) is 0.919. The van der Waals surface area contributed by atoms with E-state index in [0.717, 1.165) is 16.5 Å². The largest absolute Gasteiger partial charge is 0.268 e. The van der Waals surface area contributed by atoms with Crippen LogP contribution in [0.3, 0.4) is 0 Å². The topological polar surface area (TPSA) is 76.1 Å². The highest BCUT2D eigenvalue weighted by molar-refractivity contribution is 7.90. The first kappa shape index (κ1) is 18.4. The number of pyridine rings is 1. The minimum Gasteiger partial charge on any atom is -0.268 e. The van der Waals surface area contributed by atoms with Crippen molar-refractivity contribution in [1.82, 2.24) is 9.71 Å². The monoisotopic (exact) mass is 348 g/mol. The Kier molecular flexibility index (Phi) is 4.99. The van der Waals surface area contributed by atoms with Crippen LogP contribution >= 0.6 is 0 Å². The molecule has 0 radical (unpaired) electrons. The van der Waals surface area contributed by atoms with Gasteiger partial charge < -0.3 is 0 Å². The summed E-state index contributed by atoms with van der Waals surface area (Å²) < 4.78 is 26.4. The molecule has 0 fully saturated rings. The maximum Gasteiger partial charge on any atom is 0.266 e. The number of carbonyl (C=O) groups is 1. The molecule has 2 rings (SSSR count). The first-order valence-corrected chi connectivity index (χ1v) is 9.55. The van der Waals surface area contributed by atoms with Crippen molar-refractivity contribution in [1.29, 1.82) is 0 Å². The molecule has 130 valence electrons. The van der Waals surface area contributed by atoms with Crippen molar-refractivity contribution < 1.29 is 13.2 Å². The van der Waals surface area contributed by atoms with Crippen LogP contribution in [0.25, 0.3) is 10.9 Å². The maximum absolute atomic E-state index is 12.4. The Bertz CT molecular complexity index is 881. The highest BCUT2D eigenvalue weighted by Gasteiger charge is 2.21. The van der Waals surface area contributed by atoms with E-state index in [1.54, 1.807) is 13.0 Å². The molecule has 24 heavy (non-hydrogen) atoms. The van der Waals surface area contributed by atoms with Gasteiger partial charge in [-0.25, -0.2) is 13.1 Å². The van der Waals surface area contributed by atoms with Crippen molar-refractivity contribution >= 4 is 26.8 Å². The van der Waals surface area contributed by atoms with Crippen molar-refractivity contribution in [2.45, 2.75) is 41.0 Å². The minimum absolute atomic E-state index is 0.0819. The maximum atomic E-state index is 12.4. The van der Waals surface area contributed by atoms with E-state index in [4.69, 9.17) is 0 Å². The lowest BCUT2D eigenvalue weighted by Crippen LogP contribution is -2.34. The van der Waals surface area contributed by atoms with Gasteiger partial charge in [0.1, 0.15) is 0 Å². The van der Waals surface area contributed by atoms with Gasteiger partial charge in [-0.2, -0.15) is 0 Å². The number of sulfonamides is 1. The molecule has 0 saturated carbocycles. The molecule has 0 spiro atoms. The normalized spacial score (nSPS) is 12.4. The fraction of sp³-hybridized carbons (Fsp3) is 0.444. The third-order valence-corrected chi connectivity index (χ3v) is 5.01. The number of carbonyl (C=O) groups excluding carboxylic acids is 1. The van der Waals surface area contributed by atoms with Crippen molar-refractivity contribution in [3.63, 3.8) is 0 Å². The number of aromatic nitrogens is 1. The van der Waals surface area contributed by atoms with Crippen LogP contribution in [0, 0.1) is 19.3 Å². The summed E-state index contributed by atoms with van der Waals surface area (Å²) >= 11 is 0. The van der Waals surface area contributed by atoms with Gasteiger partial charge in [0.2, 0.25) is 10.0 Å². The molecular formula is C18H24N2O3S. The number of amides is 1. The zero-order chi connectivity index (χ0) is 18.1. The van der Waals surface area contributed by atoms with Gasteiger partial charge in [-0.15, -0.1) is 0 Å². The second-order valence-electron chi connectivity index (χ2n) is 7.38. The van der Waals surface area contributed by atoms with E-state index in [9.17, 15) is 13.2 Å². The molecule has 0 aliphatic heterocycles. The predicted octanol–water partition coefficient (Wildman–Crippen LogP) is 3.35. The van der Waals surface area contributed by atoms with Crippen molar-refractivity contribution in [3.8, 4) is 0 Å². The summed E-state index contributed by atoms with van der Waals surface area (Å²) in [6.45, 7) is 9.55. The minimum atomic E-state index is -3.67. The highest BCUT2D eigenvalue weighted by atomic mass is 32.2. The van der Waals surface area contributed by atoms with Gasteiger partial charge in [-0.1, -0.05) is 32.4 Å². The van der Waals surface area contributed by atoms with Gasteiger partial charge in [0.15, 0.2) is 0 Å². The molecule has 1 amide bonds. The van der Waals surface area contributed by atoms with Gasteiger partial charge in [0.25, 0.3) is 5.91 Å². The lowest BCUT2D eigenvalue weighted by molar-refractivity contribution is 0.0980. The molecule has 5 nitrogen and oxygen atoms in total. The van der Waals surface area contributed by atoms with Crippen molar-refractivity contribution in [2.24, 2.45) is 5.41 Å². The Morgan fingerprint density at radius 1 is 1.17 bits per heavy atom. The molecule has 1 aromatic heterocycles. The first-order valence-electron chi connectivity index (χ1n) is 7.90. The number of hydrogen-bond donors (Lipinski definition) is 1. The van der Waals surface area contributed by atoms with Gasteiger partial charge in [0, 0.05) is 5.39 Å². The second kappa shape index (κ2) is 6.51. The molecule has 0 unspecified atom stereocenters. The van der Waals surface area contributed by atoms with E-state index in [1.807, 2.05) is 45.9 Å². The van der Waals surface area contributed by atoms with Gasteiger partial charge in [-0.3, -0.25) is 9.78 Å². The lowest BCUT2D eigenvalue weighted by atomic mass is 9.94. The smallest absolute Gasteiger partial charge is 0.266 e. The summed E-state index contributed by atoms with van der Waals surface area (Å²) in [6.07, 6.45) is 0.476. The molecule has 0 aliphatic rings. The highest BCUT2D eigenvalue weighted by Crippen LogP contribution is 2.20. The number of hydrogen-bond acceptors (Lipinski definition) is 4. The van der Waals surface area contributed by atoms with E-state index in [0.29, 0.717) is 12.1 Å². The number of benzene rings is 1. The molecule has 1 heterocycles. The number of rotatable bonds is 4. The van der Waals surface area contributed by atoms with E-state index in [2.05, 4.69) is 9.71 Å². The Balaban J connectivity index is 2.26. The van der Waals surface area contributed by atoms with Crippen LogP contribution in [0.5, 0.6) is 0 Å². The number of aryl methyl sites for hydroxylation is 2. The van der Waals surface area contributed by atoms with Crippen molar-refractivity contribution in [2.75, 3.05) is 5.75 Å². The zero-order valence-corrected chi connectivity index (χ0v) is 15.6. The SMILES string of the molecule is Cc1ccc2nc(C)c(C(=O)NS(=O)(=O)CCC(C)(C)C)cc2c1. The van der Waals surface area contributed by atoms with Crippen LogP contribution in [0.2, 0.25) is 0 Å². The molecular weight excluding hydrogens is 324 g/mol. The average Bonchev–Trinajstić information content (AvgIpc) is 2.44. The Hall–Kier alpha value is -1.95. The molecule has 6 heteroatoms. The van der Waals surface area contributed by atoms with Crippen LogP contribution in [-0.2, 0) is 10.0 Å². The molecule has 0 aliphatic carbocycles. The molecule has 0 bridgehead atoms. The fourth-order valence-electron chi connectivity index (χ4n) is 2.31. The zero-order valence-electron chi connectivity index (χ0n) is 14.8. The fourth-order valence-corrected chi connectivity index (χ4v) is 3.69. The summed E-state index contributed by atoms with van der Waals surface area (Å²) in [5.41, 5.74) is 2.51. The van der Waals surface area contributed by atoms with Crippen LogP contribution in [0.4, 0.5) is 0 Å². The van der Waals surface area contributed by atoms with Crippen LogP contribution in [-0.4, -0.2) is 25.1 Å². The molecule has 1 aromatic carbocycles. The molecule has 2 aromatic rings. The van der Waals surface area contributed by atoms with E-state index < -0.39 is 15.9 Å². The van der Waals surface area contributed by atoms with Crippen molar-refractivity contribution in [3.05, 3.63) is 41.1 Å². The molecule has 0 saturated heterocycles. The Morgan fingerprint density at radius 2 is 1.83 bits per heavy atom. The third-order valence-electron chi connectivity index (χ3n) is 3.77. The lowest BCUT2D eigenvalue weighted by Gasteiger charge is -2.18. The summed E-state index contributed by atoms with van der Waals surface area (Å²) in [4.78, 5) is 16.8. The van der Waals surface area contributed by atoms with Crippen LogP contribution in [0.15, 0.2) is 24.3 Å². The first-order chi connectivity index (χ1) is 11.0. The average molecular weight is 348 g/mol. The van der Waals surface area contributed by atoms with E-state index >= 15 is 0 Å². The summed E-state index contributed by atoms with van der Waals surface area (Å²) in [6, 6.07) is 7.46. The Labute approximate surface area is 143 Å². The standard InChI is InChI=1S/C18H24N2O3S/c1-12-6-7-16-14(10-12)11-15(13(2)19-16)17(21)20-24(22,23)9-8-18(3,4)5/h6-7,10-11H,8-9H2,1-5H3,(H,20,21). The summed E-state index contributed by atoms with van der Waals surface area (Å²) in [7, 11) is -3.67. The summed E-state index contributed by atoms with van der Waals surface area (Å²) in [5.74, 6) is -0.709. The number of fused-ring (bicyclic) bond motifs is 1. The molecule has 1 N–H and O–H groups in total. The van der Waals surface area contributed by atoms with E-state index in [1.165, 1.54) is 0 Å². The Morgan fingerprint density at radius 3 is 2.46 bits per heavy atom. The van der Waals surface area contributed by atoms with Crippen LogP contribution in [0.1, 0.15) is 48.8 Å². The molecule has 0 atom stereocenters. The second-order valence-corrected chi connectivity index (χ2v) is 9.22. The van der Waals surface area contributed by atoms with Gasteiger partial charge >= 0.3 is 0 Å². The van der Waals surface area contributed by atoms with Crippen LogP contribution < -0.4 is 4.72 Å². The number of nitrogens with zero attached hydrogens (tertiary/aromatic N) is 1. The van der Waals surface area contributed by atoms with Gasteiger partial charge in [-0.05, 0) is 43.9 Å².